The van der Waals surface area contributed by atoms with Crippen LogP contribution in [0.5, 0.6) is 0 Å². The maximum atomic E-state index is 13.7. The van der Waals surface area contributed by atoms with Gasteiger partial charge in [-0.15, -0.1) is 0 Å². The molecule has 0 aromatic heterocycles. The van der Waals surface area contributed by atoms with Crippen molar-refractivity contribution in [2.45, 2.75) is 70.4 Å². The number of sulfonamides is 1. The van der Waals surface area contributed by atoms with Gasteiger partial charge in [-0.2, -0.15) is 0 Å². The van der Waals surface area contributed by atoms with E-state index in [0.29, 0.717) is 13.0 Å². The number of hydrogen-bond acceptors (Lipinski definition) is 4. The van der Waals surface area contributed by atoms with Crippen LogP contribution >= 0.6 is 0 Å². The fourth-order valence-corrected chi connectivity index (χ4v) is 5.74. The molecular formula is C28H37F2N3O4S. The van der Waals surface area contributed by atoms with Crippen molar-refractivity contribution in [3.63, 3.8) is 0 Å². The minimum absolute atomic E-state index is 0.00840. The Morgan fingerprint density at radius 1 is 1.00 bits per heavy atom. The number of halogens is 2. The first-order valence-corrected chi connectivity index (χ1v) is 15.0. The molecule has 2 aromatic rings. The van der Waals surface area contributed by atoms with Crippen molar-refractivity contribution in [2.24, 2.45) is 0 Å². The Hall–Kier alpha value is -3.01. The topological polar surface area (TPSA) is 86.8 Å². The Bertz CT molecular complexity index is 1190. The highest BCUT2D eigenvalue weighted by Gasteiger charge is 2.28. The largest absolute Gasteiger partial charge is 0.352 e. The fraction of sp³-hybridized carbons (Fsp3) is 0.500. The lowest BCUT2D eigenvalue weighted by Crippen LogP contribution is -2.51. The normalized spacial score (nSPS) is 15.1. The summed E-state index contributed by atoms with van der Waals surface area (Å²) in [5, 5.41) is 3.09. The molecule has 1 atom stereocenters. The maximum Gasteiger partial charge on any atom is 0.242 e. The second-order valence-corrected chi connectivity index (χ2v) is 11.8. The van der Waals surface area contributed by atoms with Gasteiger partial charge in [-0.05, 0) is 50.3 Å². The van der Waals surface area contributed by atoms with Gasteiger partial charge in [0.25, 0.3) is 0 Å². The summed E-state index contributed by atoms with van der Waals surface area (Å²) >= 11 is 0. The third kappa shape index (κ3) is 8.51. The van der Waals surface area contributed by atoms with E-state index in [4.69, 9.17) is 0 Å². The molecule has 1 unspecified atom stereocenters. The van der Waals surface area contributed by atoms with Crippen LogP contribution in [0.15, 0.2) is 48.5 Å². The van der Waals surface area contributed by atoms with E-state index < -0.39 is 27.7 Å². The number of amides is 2. The molecule has 0 aliphatic heterocycles. The molecule has 3 rings (SSSR count). The molecule has 0 heterocycles. The Kier molecular flexibility index (Phi) is 10.6. The zero-order valence-corrected chi connectivity index (χ0v) is 22.9. The van der Waals surface area contributed by atoms with Crippen LogP contribution in [0.3, 0.4) is 0 Å². The van der Waals surface area contributed by atoms with Gasteiger partial charge in [0.1, 0.15) is 6.04 Å². The van der Waals surface area contributed by atoms with Crippen LogP contribution in [0.25, 0.3) is 0 Å². The van der Waals surface area contributed by atoms with Gasteiger partial charge in [-0.3, -0.25) is 13.9 Å². The van der Waals surface area contributed by atoms with Gasteiger partial charge >= 0.3 is 0 Å². The predicted octanol–water partition coefficient (Wildman–Crippen LogP) is 4.42. The number of nitrogens with one attached hydrogen (secondary N) is 1. The van der Waals surface area contributed by atoms with Crippen LogP contribution in [-0.2, 0) is 26.0 Å². The third-order valence-corrected chi connectivity index (χ3v) is 8.14. The second kappa shape index (κ2) is 13.7. The number of benzene rings is 2. The van der Waals surface area contributed by atoms with E-state index in [2.05, 4.69) is 5.32 Å². The first-order valence-electron chi connectivity index (χ1n) is 13.1. The lowest BCUT2D eigenvalue weighted by Gasteiger charge is -2.31. The minimum Gasteiger partial charge on any atom is -0.352 e. The minimum atomic E-state index is -3.80. The van der Waals surface area contributed by atoms with Crippen molar-refractivity contribution < 1.29 is 26.8 Å². The van der Waals surface area contributed by atoms with Crippen molar-refractivity contribution in [3.8, 4) is 0 Å². The molecule has 0 saturated heterocycles. The van der Waals surface area contributed by atoms with Crippen LogP contribution in [0.1, 0.15) is 57.4 Å². The molecule has 0 bridgehead atoms. The lowest BCUT2D eigenvalue weighted by molar-refractivity contribution is -0.140. The van der Waals surface area contributed by atoms with E-state index in [1.165, 1.54) is 12.5 Å². The van der Waals surface area contributed by atoms with E-state index >= 15 is 0 Å². The van der Waals surface area contributed by atoms with Gasteiger partial charge in [0.15, 0.2) is 11.6 Å². The Labute approximate surface area is 224 Å². The Morgan fingerprint density at radius 3 is 2.32 bits per heavy atom. The maximum absolute atomic E-state index is 13.7. The van der Waals surface area contributed by atoms with Gasteiger partial charge in [0.2, 0.25) is 21.8 Å². The van der Waals surface area contributed by atoms with Gasteiger partial charge in [0.05, 0.1) is 11.9 Å². The molecule has 2 amide bonds. The summed E-state index contributed by atoms with van der Waals surface area (Å²) in [6.45, 7) is 1.96. The number of hydrogen-bond donors (Lipinski definition) is 1. The summed E-state index contributed by atoms with van der Waals surface area (Å²) in [6.07, 6.45) is 6.85. The first kappa shape index (κ1) is 29.5. The molecule has 7 nitrogen and oxygen atoms in total. The molecule has 10 heteroatoms. The molecule has 1 aliphatic rings. The molecular weight excluding hydrogens is 512 g/mol. The number of nitrogens with zero attached hydrogens (tertiary/aromatic N) is 2. The Morgan fingerprint density at radius 2 is 1.68 bits per heavy atom. The molecule has 1 fully saturated rings. The number of anilines is 1. The third-order valence-electron chi connectivity index (χ3n) is 6.95. The van der Waals surface area contributed by atoms with Crippen molar-refractivity contribution in [3.05, 3.63) is 65.7 Å². The number of rotatable bonds is 12. The summed E-state index contributed by atoms with van der Waals surface area (Å²) in [6, 6.07) is 12.0. The summed E-state index contributed by atoms with van der Waals surface area (Å²) in [5.74, 6) is -2.70. The van der Waals surface area contributed by atoms with Crippen molar-refractivity contribution >= 4 is 27.5 Å². The van der Waals surface area contributed by atoms with E-state index in [0.717, 1.165) is 53.9 Å². The van der Waals surface area contributed by atoms with Gasteiger partial charge in [0, 0.05) is 31.6 Å². The van der Waals surface area contributed by atoms with Crippen LogP contribution in [0.2, 0.25) is 0 Å². The van der Waals surface area contributed by atoms with E-state index in [-0.39, 0.29) is 42.9 Å². The summed E-state index contributed by atoms with van der Waals surface area (Å²) in [7, 11) is -3.80. The molecule has 0 spiro atoms. The number of carbonyl (C=O) groups is 2. The Balaban J connectivity index is 1.68. The van der Waals surface area contributed by atoms with E-state index in [1.807, 2.05) is 30.3 Å². The van der Waals surface area contributed by atoms with Crippen molar-refractivity contribution in [1.29, 1.82) is 0 Å². The lowest BCUT2D eigenvalue weighted by atomic mass is 9.95. The first-order chi connectivity index (χ1) is 18.1. The summed E-state index contributed by atoms with van der Waals surface area (Å²) < 4.78 is 52.8. The highest BCUT2D eigenvalue weighted by molar-refractivity contribution is 7.92. The predicted molar refractivity (Wildman–Crippen MR) is 144 cm³/mol. The van der Waals surface area contributed by atoms with Gasteiger partial charge in [-0.25, -0.2) is 17.2 Å². The molecule has 1 aliphatic carbocycles. The van der Waals surface area contributed by atoms with Crippen molar-refractivity contribution in [2.75, 3.05) is 23.7 Å². The van der Waals surface area contributed by atoms with Crippen LogP contribution in [0.4, 0.5) is 14.5 Å². The summed E-state index contributed by atoms with van der Waals surface area (Å²) in [4.78, 5) is 28.0. The average Bonchev–Trinajstić information content (AvgIpc) is 2.89. The highest BCUT2D eigenvalue weighted by Crippen LogP contribution is 2.22. The zero-order chi connectivity index (χ0) is 27.7. The highest BCUT2D eigenvalue weighted by atomic mass is 32.2. The van der Waals surface area contributed by atoms with E-state index in [9.17, 15) is 26.8 Å². The smallest absolute Gasteiger partial charge is 0.242 e. The molecule has 2 aromatic carbocycles. The van der Waals surface area contributed by atoms with Gasteiger partial charge < -0.3 is 10.2 Å². The quantitative estimate of drug-likeness (QED) is 0.425. The van der Waals surface area contributed by atoms with Crippen LogP contribution < -0.4 is 9.62 Å². The molecule has 0 radical (unpaired) electrons. The molecule has 38 heavy (non-hydrogen) atoms. The molecule has 1 saturated carbocycles. The molecule has 1 N–H and O–H groups in total. The van der Waals surface area contributed by atoms with Gasteiger partial charge in [-0.1, -0.05) is 49.6 Å². The van der Waals surface area contributed by atoms with Crippen molar-refractivity contribution in [1.82, 2.24) is 10.2 Å². The van der Waals surface area contributed by atoms with E-state index in [1.54, 1.807) is 11.8 Å². The second-order valence-electron chi connectivity index (χ2n) is 9.88. The average molecular weight is 550 g/mol. The fourth-order valence-electron chi connectivity index (χ4n) is 4.78. The molecule has 208 valence electrons. The standard InChI is InChI=1S/C28H37F2N3O4S/c1-21(28(35)31-23-12-7-4-8-13-23)32(19-17-22-10-5-3-6-11-22)27(34)14-9-18-33(38(2,36)37)24-15-16-25(29)26(30)20-24/h3,5-6,10-11,15-16,20-21,23H,4,7-9,12-14,17-19H2,1-2H3,(H,31,35). The SMILES string of the molecule is CC(C(=O)NC1CCCCC1)N(CCc1ccccc1)C(=O)CCCN(c1ccc(F)c(F)c1)S(C)(=O)=O. The number of carbonyl (C=O) groups excluding carboxylic acids is 2. The monoisotopic (exact) mass is 549 g/mol. The zero-order valence-electron chi connectivity index (χ0n) is 22.0. The summed E-state index contributed by atoms with van der Waals surface area (Å²) in [5.41, 5.74) is 1.02. The van der Waals surface area contributed by atoms with Crippen LogP contribution in [-0.4, -0.2) is 56.6 Å². The van der Waals surface area contributed by atoms with Crippen LogP contribution in [0, 0.1) is 11.6 Å².